The molecule has 2 N–H and O–H groups in total. The molecule has 1 aromatic heterocycles. The zero-order valence-corrected chi connectivity index (χ0v) is 12.6. The minimum Gasteiger partial charge on any atom is -0.351 e. The normalized spacial score (nSPS) is 10.8. The average molecular weight is 299 g/mol. The van der Waals surface area contributed by atoms with E-state index in [9.17, 15) is 4.79 Å². The monoisotopic (exact) mass is 298 g/mol. The Balaban J connectivity index is 1.91. The minimum absolute atomic E-state index is 0.172. The van der Waals surface area contributed by atoms with Crippen molar-refractivity contribution >= 4 is 34.1 Å². The quantitative estimate of drug-likeness (QED) is 0.708. The van der Waals surface area contributed by atoms with E-state index in [1.807, 2.05) is 50.2 Å². The number of aromatic nitrogens is 1. The molecule has 0 saturated carbocycles. The molecule has 0 unspecified atom stereocenters. The summed E-state index contributed by atoms with van der Waals surface area (Å²) in [5, 5.41) is 4.56. The fraction of sp³-hybridized carbons (Fsp3) is 0.118. The third-order valence-corrected chi connectivity index (χ3v) is 3.95. The lowest BCUT2D eigenvalue weighted by Gasteiger charge is -2.08. The maximum Gasteiger partial charge on any atom is 0.272 e. The predicted octanol–water partition coefficient (Wildman–Crippen LogP) is 4.69. The van der Waals surface area contributed by atoms with E-state index >= 15 is 0 Å². The number of H-pyrrole nitrogens is 1. The highest BCUT2D eigenvalue weighted by atomic mass is 35.5. The number of anilines is 1. The van der Waals surface area contributed by atoms with E-state index in [1.165, 1.54) is 5.56 Å². The topological polar surface area (TPSA) is 44.9 Å². The van der Waals surface area contributed by atoms with Gasteiger partial charge < -0.3 is 10.3 Å². The summed E-state index contributed by atoms with van der Waals surface area (Å²) in [7, 11) is 0. The third kappa shape index (κ3) is 2.65. The van der Waals surface area contributed by atoms with Crippen molar-refractivity contribution in [2.24, 2.45) is 0 Å². The molecule has 0 bridgehead atoms. The molecule has 0 aliphatic rings. The van der Waals surface area contributed by atoms with Crippen LogP contribution >= 0.6 is 11.6 Å². The van der Waals surface area contributed by atoms with Crippen LogP contribution in [0.3, 0.4) is 0 Å². The van der Waals surface area contributed by atoms with Gasteiger partial charge >= 0.3 is 0 Å². The Kier molecular flexibility index (Phi) is 3.43. The molecular formula is C17H15ClN2O. The van der Waals surface area contributed by atoms with Crippen molar-refractivity contribution in [3.8, 4) is 0 Å². The second-order valence-electron chi connectivity index (χ2n) is 5.14. The Morgan fingerprint density at radius 1 is 1.14 bits per heavy atom. The fourth-order valence-electron chi connectivity index (χ4n) is 2.31. The van der Waals surface area contributed by atoms with Crippen LogP contribution in [-0.2, 0) is 0 Å². The largest absolute Gasteiger partial charge is 0.351 e. The Bertz CT molecular complexity index is 836. The fourth-order valence-corrected chi connectivity index (χ4v) is 2.48. The van der Waals surface area contributed by atoms with Crippen molar-refractivity contribution in [2.45, 2.75) is 13.8 Å². The van der Waals surface area contributed by atoms with Gasteiger partial charge in [0.05, 0.1) is 0 Å². The summed E-state index contributed by atoms with van der Waals surface area (Å²) in [6.45, 7) is 3.91. The molecular weight excluding hydrogens is 284 g/mol. The molecule has 1 heterocycles. The van der Waals surface area contributed by atoms with Gasteiger partial charge in [0.1, 0.15) is 5.69 Å². The molecule has 4 heteroatoms. The maximum absolute atomic E-state index is 12.3. The number of carbonyl (C=O) groups excluding carboxylic acids is 1. The van der Waals surface area contributed by atoms with E-state index in [2.05, 4.69) is 10.3 Å². The van der Waals surface area contributed by atoms with Crippen molar-refractivity contribution in [2.75, 3.05) is 5.32 Å². The average Bonchev–Trinajstić information content (AvgIpc) is 2.87. The molecule has 1 amide bonds. The second kappa shape index (κ2) is 5.26. The van der Waals surface area contributed by atoms with Gasteiger partial charge in [0.2, 0.25) is 0 Å². The van der Waals surface area contributed by atoms with Gasteiger partial charge in [0.15, 0.2) is 0 Å². The van der Waals surface area contributed by atoms with Crippen LogP contribution in [0.25, 0.3) is 10.9 Å². The number of aryl methyl sites for hydroxylation is 1. The summed E-state index contributed by atoms with van der Waals surface area (Å²) in [6, 6.07) is 13.4. The highest BCUT2D eigenvalue weighted by Gasteiger charge is 2.11. The first-order valence-electron chi connectivity index (χ1n) is 6.70. The smallest absolute Gasteiger partial charge is 0.272 e. The van der Waals surface area contributed by atoms with Gasteiger partial charge in [-0.3, -0.25) is 4.79 Å². The molecule has 3 nitrogen and oxygen atoms in total. The number of carbonyl (C=O) groups is 1. The molecule has 106 valence electrons. The Hall–Kier alpha value is -2.26. The van der Waals surface area contributed by atoms with Crippen LogP contribution in [0, 0.1) is 13.8 Å². The van der Waals surface area contributed by atoms with E-state index in [0.717, 1.165) is 22.2 Å². The molecule has 0 atom stereocenters. The molecule has 2 aromatic carbocycles. The molecule has 3 rings (SSSR count). The standard InChI is InChI=1S/C17H15ClN2O/c1-10-6-7-15-12(8-10)9-16(19-15)17(21)20-14-5-3-4-13(18)11(14)2/h3-9,19H,1-2H3,(H,20,21). The summed E-state index contributed by atoms with van der Waals surface area (Å²) in [5.74, 6) is -0.172. The number of nitrogens with one attached hydrogen (secondary N) is 2. The van der Waals surface area contributed by atoms with Crippen molar-refractivity contribution in [1.82, 2.24) is 4.98 Å². The van der Waals surface area contributed by atoms with E-state index in [0.29, 0.717) is 10.7 Å². The van der Waals surface area contributed by atoms with Crippen LogP contribution in [0.1, 0.15) is 21.6 Å². The van der Waals surface area contributed by atoms with E-state index in [-0.39, 0.29) is 5.91 Å². The molecule has 3 aromatic rings. The van der Waals surface area contributed by atoms with Crippen LogP contribution in [0.5, 0.6) is 0 Å². The Morgan fingerprint density at radius 3 is 2.76 bits per heavy atom. The van der Waals surface area contributed by atoms with Crippen LogP contribution < -0.4 is 5.32 Å². The van der Waals surface area contributed by atoms with E-state index < -0.39 is 0 Å². The SMILES string of the molecule is Cc1ccc2[nH]c(C(=O)Nc3cccc(Cl)c3C)cc2c1. The molecule has 0 aliphatic heterocycles. The van der Waals surface area contributed by atoms with Crippen LogP contribution in [-0.4, -0.2) is 10.9 Å². The summed E-state index contributed by atoms with van der Waals surface area (Å²) in [4.78, 5) is 15.5. The molecule has 0 spiro atoms. The number of amides is 1. The van der Waals surface area contributed by atoms with Crippen molar-refractivity contribution in [3.05, 3.63) is 64.3 Å². The number of rotatable bonds is 2. The van der Waals surface area contributed by atoms with Crippen molar-refractivity contribution in [1.29, 1.82) is 0 Å². The summed E-state index contributed by atoms with van der Waals surface area (Å²) in [5.41, 5.74) is 4.24. The van der Waals surface area contributed by atoms with Gasteiger partial charge in [-0.15, -0.1) is 0 Å². The lowest BCUT2D eigenvalue weighted by atomic mass is 10.2. The van der Waals surface area contributed by atoms with Gasteiger partial charge in [0, 0.05) is 21.6 Å². The molecule has 0 fully saturated rings. The number of benzene rings is 2. The first-order chi connectivity index (χ1) is 10.0. The first kappa shape index (κ1) is 13.7. The lowest BCUT2D eigenvalue weighted by Crippen LogP contribution is -2.13. The number of aromatic amines is 1. The van der Waals surface area contributed by atoms with Crippen molar-refractivity contribution < 1.29 is 4.79 Å². The number of hydrogen-bond donors (Lipinski definition) is 2. The van der Waals surface area contributed by atoms with Crippen molar-refractivity contribution in [3.63, 3.8) is 0 Å². The minimum atomic E-state index is -0.172. The number of hydrogen-bond acceptors (Lipinski definition) is 1. The number of fused-ring (bicyclic) bond motifs is 1. The predicted molar refractivity (Wildman–Crippen MR) is 87.2 cm³/mol. The number of halogens is 1. The summed E-state index contributed by atoms with van der Waals surface area (Å²) >= 11 is 6.07. The van der Waals surface area contributed by atoms with E-state index in [1.54, 1.807) is 6.07 Å². The zero-order chi connectivity index (χ0) is 15.0. The highest BCUT2D eigenvalue weighted by molar-refractivity contribution is 6.31. The summed E-state index contributed by atoms with van der Waals surface area (Å²) in [6.07, 6.45) is 0. The summed E-state index contributed by atoms with van der Waals surface area (Å²) < 4.78 is 0. The Morgan fingerprint density at radius 2 is 1.95 bits per heavy atom. The second-order valence-corrected chi connectivity index (χ2v) is 5.55. The highest BCUT2D eigenvalue weighted by Crippen LogP contribution is 2.24. The van der Waals surface area contributed by atoms with Gasteiger partial charge in [-0.05, 0) is 49.7 Å². The lowest BCUT2D eigenvalue weighted by molar-refractivity contribution is 0.102. The van der Waals surface area contributed by atoms with Crippen LogP contribution in [0.15, 0.2) is 42.5 Å². The van der Waals surface area contributed by atoms with Gasteiger partial charge in [-0.25, -0.2) is 0 Å². The molecule has 21 heavy (non-hydrogen) atoms. The Labute approximate surface area is 127 Å². The van der Waals surface area contributed by atoms with Gasteiger partial charge in [-0.1, -0.05) is 29.3 Å². The zero-order valence-electron chi connectivity index (χ0n) is 11.8. The van der Waals surface area contributed by atoms with Crippen LogP contribution in [0.2, 0.25) is 5.02 Å². The molecule has 0 aliphatic carbocycles. The molecule has 0 radical (unpaired) electrons. The first-order valence-corrected chi connectivity index (χ1v) is 7.08. The maximum atomic E-state index is 12.3. The molecule has 0 saturated heterocycles. The van der Waals surface area contributed by atoms with Gasteiger partial charge in [-0.2, -0.15) is 0 Å². The van der Waals surface area contributed by atoms with Crippen LogP contribution in [0.4, 0.5) is 5.69 Å². The van der Waals surface area contributed by atoms with Gasteiger partial charge in [0.25, 0.3) is 5.91 Å². The third-order valence-electron chi connectivity index (χ3n) is 3.54. The van der Waals surface area contributed by atoms with E-state index in [4.69, 9.17) is 11.6 Å².